The van der Waals surface area contributed by atoms with Crippen molar-refractivity contribution in [2.45, 2.75) is 25.0 Å². The molecular formula is C21H24N6O3. The molecule has 4 rings (SSSR count). The Hall–Kier alpha value is -3.43. The van der Waals surface area contributed by atoms with Crippen molar-refractivity contribution in [1.82, 2.24) is 15.3 Å². The van der Waals surface area contributed by atoms with Crippen LogP contribution in [0.1, 0.15) is 18.4 Å². The molecule has 156 valence electrons. The van der Waals surface area contributed by atoms with Crippen molar-refractivity contribution in [1.29, 1.82) is 5.41 Å². The molecule has 0 spiro atoms. The number of ketones is 1. The minimum atomic E-state index is -0.771. The van der Waals surface area contributed by atoms with Gasteiger partial charge < -0.3 is 31.6 Å². The second-order valence-corrected chi connectivity index (χ2v) is 7.30. The van der Waals surface area contributed by atoms with Crippen molar-refractivity contribution in [2.24, 2.45) is 11.5 Å². The molecule has 2 atom stereocenters. The predicted molar refractivity (Wildman–Crippen MR) is 114 cm³/mol. The number of aromatic amines is 1. The number of nitrogens with one attached hydrogen (secondary N) is 3. The van der Waals surface area contributed by atoms with Crippen LogP contribution in [0.4, 0.5) is 0 Å². The third kappa shape index (κ3) is 3.72. The summed E-state index contributed by atoms with van der Waals surface area (Å²) < 4.78 is 5.94. The van der Waals surface area contributed by atoms with Gasteiger partial charge in [0.25, 0.3) is 0 Å². The topological polar surface area (TPSA) is 163 Å². The number of hydrogen-bond donors (Lipinski definition) is 6. The Morgan fingerprint density at radius 2 is 2.20 bits per heavy atom. The fraction of sp³-hybridized carbons (Fsp3) is 0.286. The average Bonchev–Trinajstić information content (AvgIpc) is 3.41. The van der Waals surface area contributed by atoms with Gasteiger partial charge in [-0.05, 0) is 49.7 Å². The van der Waals surface area contributed by atoms with Crippen LogP contribution < -0.4 is 21.5 Å². The summed E-state index contributed by atoms with van der Waals surface area (Å²) in [4.78, 5) is 20.0. The molecule has 0 bridgehead atoms. The Bertz CT molecular complexity index is 1100. The van der Waals surface area contributed by atoms with Crippen molar-refractivity contribution in [2.75, 3.05) is 13.1 Å². The summed E-state index contributed by atoms with van der Waals surface area (Å²) in [7, 11) is 0. The normalized spacial score (nSPS) is 17.2. The van der Waals surface area contributed by atoms with Gasteiger partial charge in [0.2, 0.25) is 0 Å². The van der Waals surface area contributed by atoms with Gasteiger partial charge in [0, 0.05) is 5.56 Å². The maximum absolute atomic E-state index is 12.4. The van der Waals surface area contributed by atoms with Gasteiger partial charge >= 0.3 is 0 Å². The molecule has 0 amide bonds. The summed E-state index contributed by atoms with van der Waals surface area (Å²) in [6.45, 7) is 0.682. The number of nitrogens with zero attached hydrogens (tertiary/aromatic N) is 1. The molecule has 1 aliphatic rings. The summed E-state index contributed by atoms with van der Waals surface area (Å²) in [6.07, 6.45) is 0.988. The van der Waals surface area contributed by atoms with Crippen LogP contribution in [-0.4, -0.2) is 51.9 Å². The maximum Gasteiger partial charge on any atom is 0.188 e. The number of fused-ring (bicyclic) bond motifs is 1. The molecule has 30 heavy (non-hydrogen) atoms. The first-order valence-electron chi connectivity index (χ1n) is 9.77. The van der Waals surface area contributed by atoms with Crippen LogP contribution in [-0.2, 0) is 4.79 Å². The van der Waals surface area contributed by atoms with Gasteiger partial charge in [-0.3, -0.25) is 10.2 Å². The van der Waals surface area contributed by atoms with Crippen LogP contribution in [0.2, 0.25) is 0 Å². The number of nitrogen functional groups attached to an aromatic ring is 1. The highest BCUT2D eigenvalue weighted by molar-refractivity contribution is 5.98. The highest BCUT2D eigenvalue weighted by Gasteiger charge is 2.32. The number of aromatic hydroxyl groups is 1. The zero-order valence-electron chi connectivity index (χ0n) is 16.3. The molecule has 0 saturated carbocycles. The summed E-state index contributed by atoms with van der Waals surface area (Å²) in [5.74, 6) is 0.255. The number of rotatable bonds is 7. The number of ether oxygens (including phenoxy) is 1. The lowest BCUT2D eigenvalue weighted by molar-refractivity contribution is -0.125. The highest BCUT2D eigenvalue weighted by Crippen LogP contribution is 2.37. The summed E-state index contributed by atoms with van der Waals surface area (Å²) >= 11 is 0. The molecular weight excluding hydrogens is 384 g/mol. The number of para-hydroxylation sites is 1. The number of phenols is 1. The van der Waals surface area contributed by atoms with Crippen LogP contribution >= 0.6 is 0 Å². The number of amidine groups is 1. The molecule has 1 saturated heterocycles. The number of aromatic nitrogens is 2. The van der Waals surface area contributed by atoms with Crippen LogP contribution in [0.25, 0.3) is 22.4 Å². The Balaban J connectivity index is 1.68. The lowest BCUT2D eigenvalue weighted by Crippen LogP contribution is -2.46. The van der Waals surface area contributed by atoms with Gasteiger partial charge in [0.15, 0.2) is 23.4 Å². The lowest BCUT2D eigenvalue weighted by atomic mass is 10.0. The molecule has 1 aromatic heterocycles. The van der Waals surface area contributed by atoms with E-state index in [1.165, 1.54) is 0 Å². The zero-order valence-corrected chi connectivity index (χ0v) is 16.3. The van der Waals surface area contributed by atoms with E-state index in [1.54, 1.807) is 36.4 Å². The quantitative estimate of drug-likeness (QED) is 0.253. The molecule has 8 N–H and O–H groups in total. The van der Waals surface area contributed by atoms with E-state index in [1.807, 2.05) is 0 Å². The van der Waals surface area contributed by atoms with Crippen molar-refractivity contribution in [3.63, 3.8) is 0 Å². The first-order valence-corrected chi connectivity index (χ1v) is 9.77. The first kappa shape index (κ1) is 19.9. The Labute approximate surface area is 172 Å². The van der Waals surface area contributed by atoms with Crippen molar-refractivity contribution < 1.29 is 14.6 Å². The molecule has 9 nitrogen and oxygen atoms in total. The fourth-order valence-corrected chi connectivity index (χ4v) is 3.71. The fourth-order valence-electron chi connectivity index (χ4n) is 3.71. The van der Waals surface area contributed by atoms with Gasteiger partial charge in [-0.15, -0.1) is 0 Å². The van der Waals surface area contributed by atoms with Crippen LogP contribution in [0, 0.1) is 5.41 Å². The smallest absolute Gasteiger partial charge is 0.188 e. The summed E-state index contributed by atoms with van der Waals surface area (Å²) in [5, 5.41) is 21.7. The molecule has 3 aromatic rings. The van der Waals surface area contributed by atoms with E-state index in [-0.39, 0.29) is 35.7 Å². The van der Waals surface area contributed by atoms with Crippen molar-refractivity contribution in [3.8, 4) is 22.9 Å². The minimum Gasteiger partial charge on any atom is -0.504 e. The molecule has 1 fully saturated rings. The number of carbonyl (C=O) groups excluding carboxylic acids is 1. The minimum absolute atomic E-state index is 0.0394. The predicted octanol–water partition coefficient (Wildman–Crippen LogP) is 1.25. The second-order valence-electron chi connectivity index (χ2n) is 7.30. The third-order valence-electron chi connectivity index (χ3n) is 5.28. The van der Waals surface area contributed by atoms with Crippen molar-refractivity contribution in [3.05, 3.63) is 42.0 Å². The van der Waals surface area contributed by atoms with E-state index in [2.05, 4.69) is 15.3 Å². The second kappa shape index (κ2) is 8.13. The number of carbonyl (C=O) groups is 1. The average molecular weight is 408 g/mol. The van der Waals surface area contributed by atoms with Crippen LogP contribution in [0.5, 0.6) is 11.5 Å². The van der Waals surface area contributed by atoms with Gasteiger partial charge in [0.05, 0.1) is 29.2 Å². The zero-order chi connectivity index (χ0) is 21.3. The SMILES string of the molecule is N=C(N)c1ccc2nc(-c3cccc(OC(C(=O)CN)C4CCCN4)c3O)[nH]c2c1. The Kier molecular flexibility index (Phi) is 5.39. The van der Waals surface area contributed by atoms with Gasteiger partial charge in [0.1, 0.15) is 11.7 Å². The van der Waals surface area contributed by atoms with E-state index in [0.717, 1.165) is 19.4 Å². The van der Waals surface area contributed by atoms with Gasteiger partial charge in [-0.1, -0.05) is 6.07 Å². The van der Waals surface area contributed by atoms with Crippen LogP contribution in [0.3, 0.4) is 0 Å². The molecule has 2 unspecified atom stereocenters. The van der Waals surface area contributed by atoms with Gasteiger partial charge in [-0.2, -0.15) is 0 Å². The lowest BCUT2D eigenvalue weighted by Gasteiger charge is -2.24. The number of H-pyrrole nitrogens is 1. The number of imidazole rings is 1. The number of nitrogens with two attached hydrogens (primary N) is 2. The Morgan fingerprint density at radius 3 is 2.90 bits per heavy atom. The summed E-state index contributed by atoms with van der Waals surface area (Å²) in [5.41, 5.74) is 13.5. The standard InChI is InChI=1S/C21H24N6O3/c22-10-16(28)19(14-4-2-8-25-14)30-17-5-1-3-12(18(17)29)21-26-13-7-6-11(20(23)24)9-15(13)27-21/h1,3,5-7,9,14,19,25,29H,2,4,8,10,22H2,(H3,23,24)(H,26,27). The number of Topliss-reactive ketones (excluding diaryl/α,β-unsaturated/α-hetero) is 1. The number of hydrogen-bond acceptors (Lipinski definition) is 7. The van der Waals surface area contributed by atoms with E-state index >= 15 is 0 Å². The summed E-state index contributed by atoms with van der Waals surface area (Å²) in [6, 6.07) is 10.1. The van der Waals surface area contributed by atoms with E-state index in [0.29, 0.717) is 28.0 Å². The van der Waals surface area contributed by atoms with E-state index in [4.69, 9.17) is 21.6 Å². The monoisotopic (exact) mass is 408 g/mol. The highest BCUT2D eigenvalue weighted by atomic mass is 16.5. The molecule has 0 aliphatic carbocycles. The van der Waals surface area contributed by atoms with E-state index < -0.39 is 6.10 Å². The van der Waals surface area contributed by atoms with Crippen LogP contribution in [0.15, 0.2) is 36.4 Å². The van der Waals surface area contributed by atoms with E-state index in [9.17, 15) is 9.90 Å². The third-order valence-corrected chi connectivity index (χ3v) is 5.28. The largest absolute Gasteiger partial charge is 0.504 e. The first-order chi connectivity index (χ1) is 14.5. The molecule has 1 aliphatic heterocycles. The number of benzene rings is 2. The molecule has 0 radical (unpaired) electrons. The Morgan fingerprint density at radius 1 is 1.37 bits per heavy atom. The van der Waals surface area contributed by atoms with Gasteiger partial charge in [-0.25, -0.2) is 4.98 Å². The molecule has 2 aromatic carbocycles. The molecule has 2 heterocycles. The molecule has 9 heteroatoms. The van der Waals surface area contributed by atoms with Crippen molar-refractivity contribution >= 4 is 22.7 Å². The maximum atomic E-state index is 12.4. The number of phenolic OH excluding ortho intramolecular Hbond substituents is 1.